The van der Waals surface area contributed by atoms with E-state index in [9.17, 15) is 8.42 Å². The van der Waals surface area contributed by atoms with Crippen LogP contribution in [0.2, 0.25) is 0 Å². The number of nitrogens with one attached hydrogen (secondary N) is 1. The first-order valence-electron chi connectivity index (χ1n) is 5.51. The first-order chi connectivity index (χ1) is 7.97. The predicted octanol–water partition coefficient (Wildman–Crippen LogP) is 0.823. The molecular formula is C10H19N3O2S2. The summed E-state index contributed by atoms with van der Waals surface area (Å²) < 4.78 is 25.2. The Kier molecular flexibility index (Phi) is 5.51. The Morgan fingerprint density at radius 3 is 2.76 bits per heavy atom. The molecule has 0 fully saturated rings. The van der Waals surface area contributed by atoms with Gasteiger partial charge in [0.15, 0.2) is 0 Å². The molecule has 1 heterocycles. The molecule has 0 unspecified atom stereocenters. The van der Waals surface area contributed by atoms with Crippen LogP contribution in [0.25, 0.3) is 0 Å². The second-order valence-electron chi connectivity index (χ2n) is 3.79. The van der Waals surface area contributed by atoms with Crippen molar-refractivity contribution in [2.24, 2.45) is 0 Å². The fourth-order valence-corrected chi connectivity index (χ4v) is 3.26. The van der Waals surface area contributed by atoms with E-state index >= 15 is 0 Å². The van der Waals surface area contributed by atoms with E-state index in [0.717, 1.165) is 17.1 Å². The van der Waals surface area contributed by atoms with E-state index in [1.165, 1.54) is 15.6 Å². The third-order valence-electron chi connectivity index (χ3n) is 2.47. The van der Waals surface area contributed by atoms with Crippen LogP contribution in [0.1, 0.15) is 17.5 Å². The Labute approximate surface area is 107 Å². The molecule has 0 aliphatic rings. The molecule has 1 rings (SSSR count). The van der Waals surface area contributed by atoms with Crippen molar-refractivity contribution in [3.63, 3.8) is 0 Å². The highest BCUT2D eigenvalue weighted by atomic mass is 32.2. The molecule has 0 saturated carbocycles. The van der Waals surface area contributed by atoms with E-state index in [2.05, 4.69) is 10.3 Å². The summed E-state index contributed by atoms with van der Waals surface area (Å²) >= 11 is 1.49. The van der Waals surface area contributed by atoms with E-state index < -0.39 is 10.0 Å². The molecule has 5 nitrogen and oxygen atoms in total. The summed E-state index contributed by atoms with van der Waals surface area (Å²) in [5.41, 5.74) is 2.65. The van der Waals surface area contributed by atoms with Crippen LogP contribution in [0.4, 0.5) is 0 Å². The van der Waals surface area contributed by atoms with Gasteiger partial charge in [0.1, 0.15) is 0 Å². The van der Waals surface area contributed by atoms with Crippen molar-refractivity contribution in [2.75, 3.05) is 25.9 Å². The molecule has 0 radical (unpaired) electrons. The molecule has 1 aromatic rings. The summed E-state index contributed by atoms with van der Waals surface area (Å²) in [5.74, 6) is 0.134. The molecule has 1 N–H and O–H groups in total. The molecule has 0 spiro atoms. The fraction of sp³-hybridized carbons (Fsp3) is 0.700. The number of nitrogens with zero attached hydrogens (tertiary/aromatic N) is 2. The van der Waals surface area contributed by atoms with Gasteiger partial charge in [-0.1, -0.05) is 6.92 Å². The smallest absolute Gasteiger partial charge is 0.215 e. The summed E-state index contributed by atoms with van der Waals surface area (Å²) in [6, 6.07) is 0. The highest BCUT2D eigenvalue weighted by Gasteiger charge is 2.18. The molecule has 7 heteroatoms. The van der Waals surface area contributed by atoms with Gasteiger partial charge in [0, 0.05) is 25.0 Å². The number of rotatable bonds is 7. The van der Waals surface area contributed by atoms with Crippen molar-refractivity contribution in [3.05, 3.63) is 16.1 Å². The average molecular weight is 277 g/mol. The first kappa shape index (κ1) is 14.6. The van der Waals surface area contributed by atoms with Crippen LogP contribution in [0, 0.1) is 6.92 Å². The molecule has 0 saturated heterocycles. The number of aromatic nitrogens is 1. The summed E-state index contributed by atoms with van der Waals surface area (Å²) in [6.45, 7) is 5.53. The number of thiazole rings is 1. The van der Waals surface area contributed by atoms with Gasteiger partial charge in [-0.15, -0.1) is 11.3 Å². The lowest BCUT2D eigenvalue weighted by Crippen LogP contribution is -2.33. The number of hydrogen-bond acceptors (Lipinski definition) is 5. The second-order valence-corrected chi connectivity index (χ2v) is 6.92. The number of sulfonamides is 1. The minimum Gasteiger partial charge on any atom is -0.316 e. The molecule has 0 aliphatic carbocycles. The fourth-order valence-electron chi connectivity index (χ4n) is 1.31. The monoisotopic (exact) mass is 277 g/mol. The summed E-state index contributed by atoms with van der Waals surface area (Å²) in [6.07, 6.45) is 0. The maximum Gasteiger partial charge on any atom is 0.215 e. The van der Waals surface area contributed by atoms with Crippen LogP contribution in [-0.2, 0) is 16.6 Å². The summed E-state index contributed by atoms with van der Waals surface area (Å²) in [4.78, 5) is 5.11. The largest absolute Gasteiger partial charge is 0.316 e. The lowest BCUT2D eigenvalue weighted by molar-refractivity contribution is 0.467. The Bertz CT molecular complexity index is 442. The van der Waals surface area contributed by atoms with E-state index in [0.29, 0.717) is 13.1 Å². The van der Waals surface area contributed by atoms with Crippen molar-refractivity contribution < 1.29 is 8.42 Å². The Balaban J connectivity index is 2.57. The van der Waals surface area contributed by atoms with Crippen LogP contribution >= 0.6 is 11.3 Å². The van der Waals surface area contributed by atoms with Crippen LogP contribution in [0.5, 0.6) is 0 Å². The first-order valence-corrected chi connectivity index (χ1v) is 8.00. The predicted molar refractivity (Wildman–Crippen MR) is 70.6 cm³/mol. The van der Waals surface area contributed by atoms with Crippen molar-refractivity contribution in [1.29, 1.82) is 0 Å². The van der Waals surface area contributed by atoms with Crippen LogP contribution < -0.4 is 5.32 Å². The zero-order chi connectivity index (χ0) is 12.9. The van der Waals surface area contributed by atoms with E-state index in [1.54, 1.807) is 12.6 Å². The molecule has 0 bridgehead atoms. The Morgan fingerprint density at radius 1 is 1.53 bits per heavy atom. The molecule has 0 aromatic carbocycles. The molecule has 98 valence electrons. The lowest BCUT2D eigenvalue weighted by atomic mass is 10.4. The highest BCUT2D eigenvalue weighted by Crippen LogP contribution is 2.15. The van der Waals surface area contributed by atoms with Gasteiger partial charge < -0.3 is 5.32 Å². The minimum atomic E-state index is -3.18. The third kappa shape index (κ3) is 4.34. The van der Waals surface area contributed by atoms with Crippen molar-refractivity contribution in [2.45, 2.75) is 20.4 Å². The second kappa shape index (κ2) is 6.44. The molecular weight excluding hydrogens is 258 g/mol. The third-order valence-corrected chi connectivity index (χ3v) is 5.19. The van der Waals surface area contributed by atoms with Gasteiger partial charge in [-0.3, -0.25) is 0 Å². The van der Waals surface area contributed by atoms with E-state index in [-0.39, 0.29) is 5.75 Å². The van der Waals surface area contributed by atoms with Crippen molar-refractivity contribution in [3.8, 4) is 0 Å². The van der Waals surface area contributed by atoms with Gasteiger partial charge in [0.05, 0.1) is 17.0 Å². The van der Waals surface area contributed by atoms with Crippen LogP contribution in [0.3, 0.4) is 0 Å². The molecule has 0 amide bonds. The highest BCUT2D eigenvalue weighted by molar-refractivity contribution is 7.89. The molecule has 0 atom stereocenters. The quantitative estimate of drug-likeness (QED) is 0.750. The van der Waals surface area contributed by atoms with Gasteiger partial charge in [0.25, 0.3) is 0 Å². The van der Waals surface area contributed by atoms with Gasteiger partial charge in [-0.25, -0.2) is 13.4 Å². The van der Waals surface area contributed by atoms with Gasteiger partial charge in [0.2, 0.25) is 10.0 Å². The standard InChI is InChI=1S/C10H19N3O2S2/c1-4-11-5-6-17(14,15)13(3)7-10-9(2)12-8-16-10/h8,11H,4-7H2,1-3H3. The molecule has 0 aliphatic heterocycles. The Hall–Kier alpha value is -0.500. The van der Waals surface area contributed by atoms with Gasteiger partial charge >= 0.3 is 0 Å². The lowest BCUT2D eigenvalue weighted by Gasteiger charge is -2.16. The maximum atomic E-state index is 11.9. The topological polar surface area (TPSA) is 62.3 Å². The molecule has 17 heavy (non-hydrogen) atoms. The van der Waals surface area contributed by atoms with Gasteiger partial charge in [-0.05, 0) is 13.5 Å². The minimum absolute atomic E-state index is 0.134. The Morgan fingerprint density at radius 2 is 2.24 bits per heavy atom. The summed E-state index contributed by atoms with van der Waals surface area (Å²) in [5, 5.41) is 3.01. The SMILES string of the molecule is CCNCCS(=O)(=O)N(C)Cc1scnc1C. The van der Waals surface area contributed by atoms with Crippen LogP contribution in [-0.4, -0.2) is 43.6 Å². The maximum absolute atomic E-state index is 11.9. The average Bonchev–Trinajstić information content (AvgIpc) is 2.64. The number of aryl methyl sites for hydroxylation is 1. The van der Waals surface area contributed by atoms with E-state index in [4.69, 9.17) is 0 Å². The normalized spacial score (nSPS) is 12.2. The van der Waals surface area contributed by atoms with Crippen LogP contribution in [0.15, 0.2) is 5.51 Å². The summed E-state index contributed by atoms with van der Waals surface area (Å²) in [7, 11) is -1.56. The van der Waals surface area contributed by atoms with Gasteiger partial charge in [-0.2, -0.15) is 4.31 Å². The van der Waals surface area contributed by atoms with E-state index in [1.807, 2.05) is 13.8 Å². The zero-order valence-electron chi connectivity index (χ0n) is 10.4. The number of hydrogen-bond donors (Lipinski definition) is 1. The van der Waals surface area contributed by atoms with Crippen molar-refractivity contribution >= 4 is 21.4 Å². The zero-order valence-corrected chi connectivity index (χ0v) is 12.1. The van der Waals surface area contributed by atoms with Crippen molar-refractivity contribution in [1.82, 2.24) is 14.6 Å². The molecule has 1 aromatic heterocycles.